The van der Waals surface area contributed by atoms with E-state index in [1.807, 2.05) is 0 Å². The molecule has 1 aliphatic rings. The van der Waals surface area contributed by atoms with E-state index >= 15 is 0 Å². The van der Waals surface area contributed by atoms with Gasteiger partial charge in [0, 0.05) is 0 Å². The van der Waals surface area contributed by atoms with Gasteiger partial charge in [-0.1, -0.05) is 0 Å². The number of hydrogen-bond donors (Lipinski definition) is 0. The molecule has 1 fully saturated rings. The van der Waals surface area contributed by atoms with Gasteiger partial charge in [0.1, 0.15) is 0 Å². The van der Waals surface area contributed by atoms with Crippen molar-refractivity contribution < 1.29 is 4.74 Å². The van der Waals surface area contributed by atoms with Crippen LogP contribution in [-0.2, 0) is 11.2 Å². The van der Waals surface area contributed by atoms with Crippen LogP contribution in [0.1, 0.15) is 51.5 Å². The molecule has 25 heavy (non-hydrogen) atoms. The van der Waals surface area contributed by atoms with Crippen LogP contribution in [-0.4, -0.2) is 27.6 Å². The van der Waals surface area contributed by atoms with Crippen LogP contribution in [0.4, 0.5) is 0 Å². The molecular formula is C22H35IOSn. The van der Waals surface area contributed by atoms with Gasteiger partial charge >= 0.3 is 170 Å². The molecule has 0 amide bonds. The number of rotatable bonds is 11. The summed E-state index contributed by atoms with van der Waals surface area (Å²) in [7, 11) is 0. The number of allylic oxidation sites excluding steroid dienone is 1. The van der Waals surface area contributed by atoms with Gasteiger partial charge in [0.2, 0.25) is 0 Å². The average Bonchev–Trinajstić information content (AvgIpc) is 3.05. The van der Waals surface area contributed by atoms with Gasteiger partial charge in [0.05, 0.1) is 0 Å². The van der Waals surface area contributed by atoms with Gasteiger partial charge in [-0.25, -0.2) is 0 Å². The van der Waals surface area contributed by atoms with E-state index in [4.69, 9.17) is 4.74 Å². The summed E-state index contributed by atoms with van der Waals surface area (Å²) in [6.07, 6.45) is 7.83. The Morgan fingerprint density at radius 1 is 1.08 bits per heavy atom. The number of benzene rings is 1. The SMILES string of the molecule is C=[C](CC1COCC1Cc1ccccc1)[Sn]([I])([CH2]CCC)[CH2]CCC. The molecule has 1 saturated heterocycles. The first kappa shape index (κ1) is 21.7. The molecule has 0 saturated carbocycles. The summed E-state index contributed by atoms with van der Waals surface area (Å²) in [5.41, 5.74) is 1.45. The Morgan fingerprint density at radius 3 is 2.28 bits per heavy atom. The second-order valence-corrected chi connectivity index (χ2v) is 32.0. The van der Waals surface area contributed by atoms with E-state index in [0.29, 0.717) is 11.8 Å². The van der Waals surface area contributed by atoms with Crippen LogP contribution in [0.25, 0.3) is 0 Å². The Bertz CT molecular complexity index is 508. The third kappa shape index (κ3) is 6.84. The number of halogens is 1. The first-order chi connectivity index (χ1) is 12.1. The predicted octanol–water partition coefficient (Wildman–Crippen LogP) is 6.96. The van der Waals surface area contributed by atoms with Crippen LogP contribution in [0.3, 0.4) is 0 Å². The molecule has 0 bridgehead atoms. The third-order valence-electron chi connectivity index (χ3n) is 5.67. The molecule has 1 aromatic rings. The molecule has 0 radical (unpaired) electrons. The van der Waals surface area contributed by atoms with Crippen LogP contribution in [0.2, 0.25) is 8.87 Å². The number of ether oxygens (including phenoxy) is 1. The molecule has 1 heterocycles. The second-order valence-electron chi connectivity index (χ2n) is 7.73. The van der Waals surface area contributed by atoms with Gasteiger partial charge in [-0.3, -0.25) is 0 Å². The van der Waals surface area contributed by atoms with Crippen molar-refractivity contribution in [2.24, 2.45) is 11.8 Å². The van der Waals surface area contributed by atoms with Crippen molar-refractivity contribution in [1.29, 1.82) is 0 Å². The van der Waals surface area contributed by atoms with E-state index in [2.05, 4.69) is 69.4 Å². The molecule has 2 rings (SSSR count). The van der Waals surface area contributed by atoms with Crippen LogP contribution >= 0.6 is 18.6 Å². The van der Waals surface area contributed by atoms with Crippen LogP contribution in [0.15, 0.2) is 40.5 Å². The summed E-state index contributed by atoms with van der Waals surface area (Å²) in [4.78, 5) is 0. The van der Waals surface area contributed by atoms with Crippen molar-refractivity contribution in [2.75, 3.05) is 13.2 Å². The van der Waals surface area contributed by atoms with Crippen LogP contribution < -0.4 is 0 Å². The van der Waals surface area contributed by atoms with Gasteiger partial charge in [0.25, 0.3) is 0 Å². The van der Waals surface area contributed by atoms with E-state index in [-0.39, 0.29) is 0 Å². The fourth-order valence-corrected chi connectivity index (χ4v) is 20.2. The van der Waals surface area contributed by atoms with Gasteiger partial charge in [-0.15, -0.1) is 0 Å². The van der Waals surface area contributed by atoms with Gasteiger partial charge in [-0.05, 0) is 0 Å². The van der Waals surface area contributed by atoms with Gasteiger partial charge < -0.3 is 0 Å². The average molecular weight is 561 g/mol. The summed E-state index contributed by atoms with van der Waals surface area (Å²) in [6, 6.07) is 10.9. The molecule has 1 aromatic carbocycles. The van der Waals surface area contributed by atoms with Gasteiger partial charge in [-0.2, -0.15) is 0 Å². The minimum absolute atomic E-state index is 0.670. The normalized spacial score (nSPS) is 20.8. The van der Waals surface area contributed by atoms with E-state index in [0.717, 1.165) is 19.6 Å². The molecule has 2 atom stereocenters. The first-order valence-electron chi connectivity index (χ1n) is 10.1. The zero-order valence-corrected chi connectivity index (χ0v) is 21.1. The zero-order chi connectivity index (χ0) is 18.1. The summed E-state index contributed by atoms with van der Waals surface area (Å²) in [5, 5.41) is 0. The molecule has 3 heteroatoms. The monoisotopic (exact) mass is 562 g/mol. The van der Waals surface area contributed by atoms with Crippen molar-refractivity contribution in [3.8, 4) is 0 Å². The summed E-state index contributed by atoms with van der Waals surface area (Å²) < 4.78 is 10.5. The van der Waals surface area contributed by atoms with E-state index < -0.39 is 14.4 Å². The number of unbranched alkanes of at least 4 members (excludes halogenated alkanes) is 2. The number of hydrogen-bond acceptors (Lipinski definition) is 1. The van der Waals surface area contributed by atoms with E-state index in [9.17, 15) is 0 Å². The Labute approximate surface area is 169 Å². The van der Waals surface area contributed by atoms with Crippen LogP contribution in [0, 0.1) is 11.8 Å². The Balaban J connectivity index is 1.97. The Kier molecular flexibility index (Phi) is 9.85. The van der Waals surface area contributed by atoms with Crippen molar-refractivity contribution in [3.05, 3.63) is 46.1 Å². The fraction of sp³-hybridized carbons (Fsp3) is 0.636. The minimum atomic E-state index is -2.21. The topological polar surface area (TPSA) is 9.23 Å². The van der Waals surface area contributed by atoms with E-state index in [1.165, 1.54) is 46.5 Å². The zero-order valence-electron chi connectivity index (χ0n) is 16.1. The molecule has 0 aromatic heterocycles. The second kappa shape index (κ2) is 11.3. The van der Waals surface area contributed by atoms with Crippen molar-refractivity contribution >= 4 is 33.0 Å². The Morgan fingerprint density at radius 2 is 1.68 bits per heavy atom. The van der Waals surface area contributed by atoms with Crippen LogP contribution in [0.5, 0.6) is 0 Å². The van der Waals surface area contributed by atoms with Crippen molar-refractivity contribution in [1.82, 2.24) is 0 Å². The molecule has 2 unspecified atom stereocenters. The first-order valence-corrected chi connectivity index (χ1v) is 23.9. The molecule has 1 nitrogen and oxygen atoms in total. The van der Waals surface area contributed by atoms with Crippen molar-refractivity contribution in [2.45, 2.75) is 61.2 Å². The molecule has 140 valence electrons. The Hall–Kier alpha value is 0.449. The van der Waals surface area contributed by atoms with Gasteiger partial charge in [0.15, 0.2) is 0 Å². The fourth-order valence-electron chi connectivity index (χ4n) is 3.90. The maximum atomic E-state index is 5.90. The quantitative estimate of drug-likeness (QED) is 0.210. The molecule has 0 spiro atoms. The third-order valence-corrected chi connectivity index (χ3v) is 28.8. The molecule has 1 aliphatic heterocycles. The summed E-state index contributed by atoms with van der Waals surface area (Å²) >= 11 is 0.728. The van der Waals surface area contributed by atoms with Crippen molar-refractivity contribution in [3.63, 3.8) is 0 Å². The van der Waals surface area contributed by atoms with E-state index in [1.54, 1.807) is 3.59 Å². The molecular weight excluding hydrogens is 526 g/mol. The summed E-state index contributed by atoms with van der Waals surface area (Å²) in [5.74, 6) is 1.35. The maximum absolute atomic E-state index is 5.90. The predicted molar refractivity (Wildman–Crippen MR) is 121 cm³/mol. The standard InChI is InChI=1S/C14H17O.2C4H9.HI.Sn/c1-2-6-13-10-15-11-14(13)9-12-7-4-3-5-8-12;2*1-3-4-2;;/h3-5,7-8,13-14H,1,6,9-11H2;2*1,3-4H2,2H3;1H;/q;;;;+1/p-1. The molecule has 0 N–H and O–H groups in total. The summed E-state index contributed by atoms with van der Waals surface area (Å²) in [6.45, 7) is 11.2. The molecule has 0 aliphatic carbocycles.